The normalized spacial score (nSPS) is 36.4. The molecule has 0 spiro atoms. The van der Waals surface area contributed by atoms with Crippen LogP contribution in [0.4, 0.5) is 0 Å². The molecular weight excluding hydrogens is 304 g/mol. The predicted molar refractivity (Wildman–Crippen MR) is 88.2 cm³/mol. The maximum atomic E-state index is 11.3. The molecule has 4 atom stereocenters. The molecule has 0 bridgehead atoms. The van der Waals surface area contributed by atoms with Gasteiger partial charge in [-0.25, -0.2) is 0 Å². The van der Waals surface area contributed by atoms with E-state index in [0.717, 1.165) is 31.7 Å². The average molecular weight is 328 g/mol. The summed E-state index contributed by atoms with van der Waals surface area (Å²) in [4.78, 5) is 2.47. The third-order valence-corrected chi connectivity index (χ3v) is 6.00. The van der Waals surface area contributed by atoms with E-state index in [9.17, 15) is 5.11 Å². The third-order valence-electron chi connectivity index (χ3n) is 6.00. The number of piperidine rings is 1. The van der Waals surface area contributed by atoms with Gasteiger partial charge < -0.3 is 14.6 Å². The highest BCUT2D eigenvalue weighted by Crippen LogP contribution is 2.44. The number of likely N-dealkylation sites (tertiary alicyclic amines) is 1. The van der Waals surface area contributed by atoms with Gasteiger partial charge >= 0.3 is 0 Å². The van der Waals surface area contributed by atoms with Crippen LogP contribution in [0.5, 0.6) is 0 Å². The highest BCUT2D eigenvalue weighted by Gasteiger charge is 2.55. The Labute approximate surface area is 142 Å². The first-order chi connectivity index (χ1) is 11.7. The number of hydrogen-bond donors (Lipinski definition) is 1. The quantitative estimate of drug-likeness (QED) is 0.892. The maximum absolute atomic E-state index is 11.3. The second-order valence-corrected chi connectivity index (χ2v) is 7.29. The van der Waals surface area contributed by atoms with Crippen molar-refractivity contribution in [1.82, 2.24) is 4.90 Å². The van der Waals surface area contributed by atoms with E-state index in [2.05, 4.69) is 17.0 Å². The van der Waals surface area contributed by atoms with Gasteiger partial charge in [0.2, 0.25) is 0 Å². The van der Waals surface area contributed by atoms with Crippen molar-refractivity contribution in [2.75, 3.05) is 33.0 Å². The molecule has 0 unspecified atom stereocenters. The zero-order valence-corrected chi connectivity index (χ0v) is 13.9. The lowest BCUT2D eigenvalue weighted by Gasteiger charge is -2.57. The summed E-state index contributed by atoms with van der Waals surface area (Å²) in [5.74, 6) is 0.279. The van der Waals surface area contributed by atoms with Crippen LogP contribution in [-0.4, -0.2) is 54.6 Å². The number of ether oxygens (including phenoxy) is 2. The minimum Gasteiger partial charge on any atom is -0.389 e. The Balaban J connectivity index is 1.59. The van der Waals surface area contributed by atoms with Crippen molar-refractivity contribution in [3.8, 4) is 6.07 Å². The number of fused-ring (bicyclic) bond motifs is 3. The summed E-state index contributed by atoms with van der Waals surface area (Å²) in [5, 5.41) is 20.4. The number of hydrogen-bond acceptors (Lipinski definition) is 5. The van der Waals surface area contributed by atoms with Gasteiger partial charge in [0.1, 0.15) is 0 Å². The zero-order chi connectivity index (χ0) is 16.6. The summed E-state index contributed by atoms with van der Waals surface area (Å²) in [6.45, 7) is 4.30. The molecule has 128 valence electrons. The van der Waals surface area contributed by atoms with E-state index in [4.69, 9.17) is 14.7 Å². The maximum Gasteiger partial charge on any atom is 0.0991 e. The van der Waals surface area contributed by atoms with E-state index >= 15 is 0 Å². The number of nitriles is 1. The Morgan fingerprint density at radius 1 is 1.29 bits per heavy atom. The molecule has 1 aromatic carbocycles. The molecule has 5 heteroatoms. The van der Waals surface area contributed by atoms with Gasteiger partial charge in [0.05, 0.1) is 30.4 Å². The lowest BCUT2D eigenvalue weighted by atomic mass is 9.66. The van der Waals surface area contributed by atoms with Crippen molar-refractivity contribution >= 4 is 0 Å². The molecule has 0 saturated carbocycles. The lowest BCUT2D eigenvalue weighted by molar-refractivity contribution is -0.221. The minimum atomic E-state index is -0.658. The third kappa shape index (κ3) is 2.74. The summed E-state index contributed by atoms with van der Waals surface area (Å²) in [6.07, 6.45) is 1.67. The number of rotatable bonds is 2. The summed E-state index contributed by atoms with van der Waals surface area (Å²) in [5.41, 5.74) is 1.20. The summed E-state index contributed by atoms with van der Waals surface area (Å²) in [6, 6.07) is 10.4. The highest BCUT2D eigenvalue weighted by atomic mass is 16.5. The average Bonchev–Trinajstić information content (AvgIpc) is 2.63. The first kappa shape index (κ1) is 16.0. The molecular formula is C19H24N2O3. The van der Waals surface area contributed by atoms with Crippen LogP contribution in [0.15, 0.2) is 24.3 Å². The molecule has 0 radical (unpaired) electrons. The van der Waals surface area contributed by atoms with E-state index in [1.807, 2.05) is 18.2 Å². The van der Waals surface area contributed by atoms with Gasteiger partial charge in [0.25, 0.3) is 0 Å². The van der Waals surface area contributed by atoms with E-state index in [0.29, 0.717) is 37.8 Å². The highest BCUT2D eigenvalue weighted by molar-refractivity contribution is 5.32. The lowest BCUT2D eigenvalue weighted by Crippen LogP contribution is -2.67. The standard InChI is InChI=1S/C19H24N2O3/c20-9-14-2-1-3-15(8-14)10-21-11-16-12-24-7-5-19(16,22)17-13-23-6-4-18(17)21/h1-3,8,16-18,22H,4-7,10-13H2/t16-,17+,18-,19-/m1/s1. The summed E-state index contributed by atoms with van der Waals surface area (Å²) < 4.78 is 11.4. The van der Waals surface area contributed by atoms with E-state index < -0.39 is 5.60 Å². The van der Waals surface area contributed by atoms with Crippen LogP contribution >= 0.6 is 0 Å². The minimum absolute atomic E-state index is 0.133. The molecule has 3 heterocycles. The molecule has 0 aromatic heterocycles. The van der Waals surface area contributed by atoms with Crippen molar-refractivity contribution in [3.63, 3.8) is 0 Å². The number of benzene rings is 1. The van der Waals surface area contributed by atoms with Gasteiger partial charge in [-0.2, -0.15) is 5.26 Å². The van der Waals surface area contributed by atoms with E-state index in [-0.39, 0.29) is 11.8 Å². The fourth-order valence-corrected chi connectivity index (χ4v) is 4.72. The van der Waals surface area contributed by atoms with Crippen molar-refractivity contribution in [1.29, 1.82) is 5.26 Å². The number of nitrogens with zero attached hydrogens (tertiary/aromatic N) is 2. The van der Waals surface area contributed by atoms with Gasteiger partial charge in [0, 0.05) is 50.6 Å². The smallest absolute Gasteiger partial charge is 0.0991 e. The van der Waals surface area contributed by atoms with Crippen molar-refractivity contribution in [3.05, 3.63) is 35.4 Å². The van der Waals surface area contributed by atoms with Crippen LogP contribution in [0.25, 0.3) is 0 Å². The summed E-state index contributed by atoms with van der Waals surface area (Å²) >= 11 is 0. The van der Waals surface area contributed by atoms with Gasteiger partial charge in [0.15, 0.2) is 0 Å². The van der Waals surface area contributed by atoms with Crippen molar-refractivity contribution in [2.24, 2.45) is 11.8 Å². The molecule has 3 saturated heterocycles. The predicted octanol–water partition coefficient (Wildman–Crippen LogP) is 1.55. The molecule has 0 aliphatic carbocycles. The molecule has 3 aliphatic rings. The Morgan fingerprint density at radius 2 is 2.17 bits per heavy atom. The van der Waals surface area contributed by atoms with E-state index in [1.54, 1.807) is 0 Å². The zero-order valence-electron chi connectivity index (χ0n) is 13.9. The fraction of sp³-hybridized carbons (Fsp3) is 0.632. The van der Waals surface area contributed by atoms with Gasteiger partial charge in [-0.3, -0.25) is 4.90 Å². The molecule has 24 heavy (non-hydrogen) atoms. The molecule has 0 amide bonds. The van der Waals surface area contributed by atoms with Crippen LogP contribution in [0, 0.1) is 23.2 Å². The molecule has 1 aromatic rings. The Hall–Kier alpha value is -1.45. The topological polar surface area (TPSA) is 65.7 Å². The summed E-state index contributed by atoms with van der Waals surface area (Å²) in [7, 11) is 0. The van der Waals surface area contributed by atoms with Gasteiger partial charge in [-0.1, -0.05) is 12.1 Å². The first-order valence-electron chi connectivity index (χ1n) is 8.81. The molecule has 1 N–H and O–H groups in total. The first-order valence-corrected chi connectivity index (χ1v) is 8.81. The molecule has 4 rings (SSSR count). The van der Waals surface area contributed by atoms with Crippen LogP contribution in [0.3, 0.4) is 0 Å². The SMILES string of the molecule is N#Cc1cccc(CN2C[C@@H]3COCC[C@]3(O)[C@H]3COCC[C@H]32)c1. The molecule has 5 nitrogen and oxygen atoms in total. The Morgan fingerprint density at radius 3 is 3.04 bits per heavy atom. The van der Waals surface area contributed by atoms with Crippen LogP contribution in [-0.2, 0) is 16.0 Å². The van der Waals surface area contributed by atoms with Gasteiger partial charge in [-0.05, 0) is 24.1 Å². The second kappa shape index (κ2) is 6.45. The molecule has 3 fully saturated rings. The Kier molecular flexibility index (Phi) is 4.31. The van der Waals surface area contributed by atoms with Crippen LogP contribution < -0.4 is 0 Å². The fourth-order valence-electron chi connectivity index (χ4n) is 4.72. The van der Waals surface area contributed by atoms with Crippen molar-refractivity contribution in [2.45, 2.75) is 31.0 Å². The van der Waals surface area contributed by atoms with Gasteiger partial charge in [-0.15, -0.1) is 0 Å². The molecule has 3 aliphatic heterocycles. The van der Waals surface area contributed by atoms with E-state index in [1.165, 1.54) is 0 Å². The monoisotopic (exact) mass is 328 g/mol. The largest absolute Gasteiger partial charge is 0.389 e. The van der Waals surface area contributed by atoms with Crippen LogP contribution in [0.2, 0.25) is 0 Å². The van der Waals surface area contributed by atoms with Crippen LogP contribution in [0.1, 0.15) is 24.0 Å². The number of aliphatic hydroxyl groups is 1. The Bertz CT molecular complexity index is 644. The van der Waals surface area contributed by atoms with Crippen molar-refractivity contribution < 1.29 is 14.6 Å². The second-order valence-electron chi connectivity index (χ2n) is 7.29.